The van der Waals surface area contributed by atoms with E-state index in [4.69, 9.17) is 9.47 Å². The van der Waals surface area contributed by atoms with Crippen molar-refractivity contribution in [3.63, 3.8) is 0 Å². The van der Waals surface area contributed by atoms with E-state index in [2.05, 4.69) is 44.0 Å². The van der Waals surface area contributed by atoms with E-state index < -0.39 is 6.23 Å². The molecule has 8 heteroatoms. The van der Waals surface area contributed by atoms with Crippen molar-refractivity contribution in [1.29, 1.82) is 0 Å². The molecular formula is C27H24N4O4. The van der Waals surface area contributed by atoms with Crippen LogP contribution in [0.3, 0.4) is 0 Å². The molecule has 2 aromatic heterocycles. The number of aromatic nitrogens is 2. The Kier molecular flexibility index (Phi) is 3.75. The first-order valence-electron chi connectivity index (χ1n) is 12.0. The molecule has 0 spiro atoms. The molecule has 0 aliphatic carbocycles. The molecule has 1 saturated heterocycles. The van der Waals surface area contributed by atoms with Crippen LogP contribution in [0.4, 0.5) is 0 Å². The average molecular weight is 469 g/mol. The molecule has 3 aliphatic heterocycles. The number of aliphatic hydroxyl groups excluding tert-OH is 1. The number of benzene rings is 3. The highest BCUT2D eigenvalue weighted by Crippen LogP contribution is 2.52. The molecule has 3 aliphatic rings. The Morgan fingerprint density at radius 1 is 1.03 bits per heavy atom. The molecule has 3 aromatic carbocycles. The number of carbonyl (C=O) groups is 1. The molecular weight excluding hydrogens is 444 g/mol. The molecule has 2 bridgehead atoms. The Hall–Kier alpha value is -3.43. The van der Waals surface area contributed by atoms with Crippen LogP contribution in [0.15, 0.2) is 48.5 Å². The summed E-state index contributed by atoms with van der Waals surface area (Å²) in [6.07, 6.45) is -1.22. The average Bonchev–Trinajstić information content (AvgIpc) is 3.47. The number of ether oxygens (including phenoxy) is 2. The summed E-state index contributed by atoms with van der Waals surface area (Å²) in [7, 11) is 3.69. The van der Waals surface area contributed by atoms with Gasteiger partial charge in [0.15, 0.2) is 12.5 Å². The van der Waals surface area contributed by atoms with Gasteiger partial charge in [-0.15, -0.1) is 0 Å². The summed E-state index contributed by atoms with van der Waals surface area (Å²) < 4.78 is 17.4. The maximum Gasteiger partial charge on any atom is 0.254 e. The number of likely N-dealkylation sites (N-methyl/N-ethyl adjacent to an activating group) is 1. The maximum absolute atomic E-state index is 13.3. The summed E-state index contributed by atoms with van der Waals surface area (Å²) in [4.78, 5) is 13.3. The minimum Gasteiger partial charge on any atom is -0.375 e. The van der Waals surface area contributed by atoms with E-state index >= 15 is 0 Å². The van der Waals surface area contributed by atoms with Gasteiger partial charge in [-0.1, -0.05) is 36.4 Å². The normalized spacial score (nSPS) is 27.3. The van der Waals surface area contributed by atoms with Crippen LogP contribution in [0.2, 0.25) is 0 Å². The Balaban J connectivity index is 1.71. The van der Waals surface area contributed by atoms with Crippen molar-refractivity contribution in [1.82, 2.24) is 19.8 Å². The van der Waals surface area contributed by atoms with Crippen molar-refractivity contribution >= 4 is 49.5 Å². The molecule has 3 N–H and O–H groups in total. The lowest BCUT2D eigenvalue weighted by Gasteiger charge is -2.41. The van der Waals surface area contributed by atoms with Gasteiger partial charge in [0.25, 0.3) is 5.91 Å². The standard InChI is InChI=1S/C27H24N4O4/c1-28-14-11-17-30-15-9-5-3-7-12(15)18-20-21(26(33)29-25(20)32)19-13-8-4-6-10-16(13)31(23(19)22(18)30)27(35-17)24(14)34-2/h3-10,14,17,24,26-28,33H,11H2,1-2H3,(H,29,32)/t14-,17-,24-,26+,27+/m0/s1. The van der Waals surface area contributed by atoms with Gasteiger partial charge in [0.1, 0.15) is 12.3 Å². The molecule has 8 rings (SSSR count). The molecule has 8 nitrogen and oxygen atoms in total. The van der Waals surface area contributed by atoms with Gasteiger partial charge >= 0.3 is 0 Å². The van der Waals surface area contributed by atoms with Gasteiger partial charge in [-0.25, -0.2) is 0 Å². The van der Waals surface area contributed by atoms with Crippen LogP contribution in [0, 0.1) is 0 Å². The molecule has 5 atom stereocenters. The third kappa shape index (κ3) is 2.20. The number of carbonyl (C=O) groups excluding carboxylic acids is 1. The maximum atomic E-state index is 13.3. The number of nitrogens with zero attached hydrogens (tertiary/aromatic N) is 2. The predicted molar refractivity (Wildman–Crippen MR) is 132 cm³/mol. The lowest BCUT2D eigenvalue weighted by Crippen LogP contribution is -2.50. The lowest BCUT2D eigenvalue weighted by molar-refractivity contribution is -0.192. The molecule has 5 aromatic rings. The molecule has 1 amide bonds. The quantitative estimate of drug-likeness (QED) is 0.368. The fourth-order valence-corrected chi connectivity index (χ4v) is 6.90. The van der Waals surface area contributed by atoms with Crippen molar-refractivity contribution in [2.75, 3.05) is 14.2 Å². The Morgan fingerprint density at radius 3 is 2.40 bits per heavy atom. The third-order valence-electron chi connectivity index (χ3n) is 8.22. The number of amides is 1. The molecule has 0 radical (unpaired) electrons. The third-order valence-corrected chi connectivity index (χ3v) is 8.22. The number of rotatable bonds is 2. The smallest absolute Gasteiger partial charge is 0.254 e. The zero-order chi connectivity index (χ0) is 23.6. The Morgan fingerprint density at radius 2 is 1.69 bits per heavy atom. The summed E-state index contributed by atoms with van der Waals surface area (Å²) in [5.74, 6) is -0.245. The van der Waals surface area contributed by atoms with Gasteiger partial charge in [0, 0.05) is 46.7 Å². The molecule has 35 heavy (non-hydrogen) atoms. The van der Waals surface area contributed by atoms with Gasteiger partial charge in [0.2, 0.25) is 0 Å². The number of hydrogen-bond donors (Lipinski definition) is 3. The molecule has 1 fully saturated rings. The zero-order valence-electron chi connectivity index (χ0n) is 19.3. The second-order valence-corrected chi connectivity index (χ2v) is 9.70. The molecule has 0 saturated carbocycles. The van der Waals surface area contributed by atoms with E-state index in [1.54, 1.807) is 7.11 Å². The fraction of sp³-hybridized carbons (Fsp3) is 0.296. The predicted octanol–water partition coefficient (Wildman–Crippen LogP) is 3.67. The van der Waals surface area contributed by atoms with Crippen molar-refractivity contribution < 1.29 is 19.4 Å². The monoisotopic (exact) mass is 468 g/mol. The zero-order valence-corrected chi connectivity index (χ0v) is 19.3. The Bertz CT molecular complexity index is 1730. The highest BCUT2D eigenvalue weighted by atomic mass is 16.6. The van der Waals surface area contributed by atoms with Gasteiger partial charge in [-0.3, -0.25) is 4.79 Å². The van der Waals surface area contributed by atoms with Crippen molar-refractivity contribution in [2.45, 2.75) is 37.3 Å². The van der Waals surface area contributed by atoms with Crippen LogP contribution in [0.5, 0.6) is 0 Å². The molecule has 176 valence electrons. The van der Waals surface area contributed by atoms with E-state index in [1.165, 1.54) is 0 Å². The number of hydrogen-bond acceptors (Lipinski definition) is 5. The summed E-state index contributed by atoms with van der Waals surface area (Å²) in [5, 5.41) is 21.1. The Labute approximate surface area is 200 Å². The summed E-state index contributed by atoms with van der Waals surface area (Å²) in [5.41, 5.74) is 5.15. The van der Waals surface area contributed by atoms with Crippen LogP contribution in [-0.4, -0.2) is 46.5 Å². The highest BCUT2D eigenvalue weighted by molar-refractivity contribution is 6.31. The van der Waals surface area contributed by atoms with E-state index in [-0.39, 0.29) is 30.5 Å². The second-order valence-electron chi connectivity index (χ2n) is 9.70. The summed E-state index contributed by atoms with van der Waals surface area (Å²) >= 11 is 0. The van der Waals surface area contributed by atoms with Crippen molar-refractivity contribution in [3.05, 3.63) is 59.7 Å². The molecule has 5 heterocycles. The van der Waals surface area contributed by atoms with Crippen molar-refractivity contribution in [2.24, 2.45) is 0 Å². The first-order valence-corrected chi connectivity index (χ1v) is 12.0. The SMILES string of the molecule is CN[C@H]1C[C@@H]2O[C@H]([C@H]1OC)n1c3ccccc3c3c4c(c5c6ccccc6n2c5c31)C(=O)N[C@@H]4O. The van der Waals surface area contributed by atoms with Gasteiger partial charge in [0.05, 0.1) is 27.6 Å². The highest BCUT2D eigenvalue weighted by Gasteiger charge is 2.46. The van der Waals surface area contributed by atoms with Crippen LogP contribution < -0.4 is 10.6 Å². The first kappa shape index (κ1) is 19.8. The van der Waals surface area contributed by atoms with Crippen LogP contribution in [0.1, 0.15) is 41.0 Å². The number of para-hydroxylation sites is 2. The number of aliphatic hydroxyl groups is 1. The minimum absolute atomic E-state index is 0.0613. The van der Waals surface area contributed by atoms with Crippen LogP contribution in [-0.2, 0) is 9.47 Å². The lowest BCUT2D eigenvalue weighted by atomic mass is 9.96. The minimum atomic E-state index is -1.07. The van der Waals surface area contributed by atoms with E-state index in [1.807, 2.05) is 31.3 Å². The van der Waals surface area contributed by atoms with E-state index in [9.17, 15) is 9.90 Å². The molecule has 0 unspecified atom stereocenters. The van der Waals surface area contributed by atoms with E-state index in [0.29, 0.717) is 11.1 Å². The van der Waals surface area contributed by atoms with Gasteiger partial charge in [-0.2, -0.15) is 0 Å². The first-order chi connectivity index (χ1) is 17.1. The van der Waals surface area contributed by atoms with E-state index in [0.717, 1.165) is 50.0 Å². The number of methoxy groups -OCH3 is 1. The van der Waals surface area contributed by atoms with Gasteiger partial charge < -0.3 is 34.3 Å². The summed E-state index contributed by atoms with van der Waals surface area (Å²) in [6.45, 7) is 0. The number of fused-ring (bicyclic) bond motifs is 13. The van der Waals surface area contributed by atoms with Gasteiger partial charge in [-0.05, 0) is 19.2 Å². The summed E-state index contributed by atoms with van der Waals surface area (Å²) in [6, 6.07) is 16.4. The second kappa shape index (κ2) is 6.61. The van der Waals surface area contributed by atoms with Crippen LogP contribution in [0.25, 0.3) is 43.6 Å². The number of nitrogens with one attached hydrogen (secondary N) is 2. The largest absolute Gasteiger partial charge is 0.375 e. The topological polar surface area (TPSA) is 89.7 Å². The fourth-order valence-electron chi connectivity index (χ4n) is 6.90. The van der Waals surface area contributed by atoms with Crippen LogP contribution >= 0.6 is 0 Å². The van der Waals surface area contributed by atoms with Crippen molar-refractivity contribution in [3.8, 4) is 0 Å².